The normalized spacial score (nSPS) is 17.1. The molecule has 0 spiro atoms. The second-order valence-corrected chi connectivity index (χ2v) is 8.91. The molecule has 3 rings (SSSR count). The van der Waals surface area contributed by atoms with Gasteiger partial charge in [-0.05, 0) is 41.8 Å². The van der Waals surface area contributed by atoms with Crippen LogP contribution in [0.4, 0.5) is 0 Å². The Morgan fingerprint density at radius 2 is 1.93 bits per heavy atom. The van der Waals surface area contributed by atoms with Crippen molar-refractivity contribution in [3.8, 4) is 0 Å². The topological polar surface area (TPSA) is 75.7 Å². The van der Waals surface area contributed by atoms with Gasteiger partial charge in [0, 0.05) is 31.6 Å². The standard InChI is InChI=1S/C20H23ClN2O4S/c1-27-13-11-22-20(24)14-19-18-5-3-2-4-15(18)10-12-23(19)28(25,26)17-8-6-16(21)7-9-17/h2-9,19H,10-14H2,1H3,(H,22,24)/t19-/m0/s1. The first kappa shape index (κ1) is 20.8. The Kier molecular flexibility index (Phi) is 6.72. The molecule has 1 aliphatic rings. The van der Waals surface area contributed by atoms with E-state index in [0.29, 0.717) is 31.1 Å². The van der Waals surface area contributed by atoms with Gasteiger partial charge in [-0.15, -0.1) is 0 Å². The zero-order valence-corrected chi connectivity index (χ0v) is 17.2. The number of ether oxygens (including phenoxy) is 1. The molecule has 150 valence electrons. The molecule has 0 saturated heterocycles. The molecule has 2 aromatic rings. The van der Waals surface area contributed by atoms with E-state index in [1.165, 1.54) is 16.4 Å². The molecule has 1 N–H and O–H groups in total. The molecule has 0 aromatic heterocycles. The number of sulfonamides is 1. The molecule has 8 heteroatoms. The summed E-state index contributed by atoms with van der Waals surface area (Å²) in [7, 11) is -2.21. The van der Waals surface area contributed by atoms with Crippen LogP contribution in [0.1, 0.15) is 23.6 Å². The third kappa shape index (κ3) is 4.55. The second-order valence-electron chi connectivity index (χ2n) is 6.58. The summed E-state index contributed by atoms with van der Waals surface area (Å²) in [6, 6.07) is 13.2. The first-order chi connectivity index (χ1) is 13.4. The predicted molar refractivity (Wildman–Crippen MR) is 108 cm³/mol. The maximum absolute atomic E-state index is 13.3. The van der Waals surface area contributed by atoms with E-state index in [1.54, 1.807) is 19.2 Å². The summed E-state index contributed by atoms with van der Waals surface area (Å²) in [5, 5.41) is 3.25. The number of hydrogen-bond donors (Lipinski definition) is 1. The van der Waals surface area contributed by atoms with Gasteiger partial charge in [0.1, 0.15) is 0 Å². The van der Waals surface area contributed by atoms with Crippen molar-refractivity contribution in [3.63, 3.8) is 0 Å². The van der Waals surface area contributed by atoms with Crippen molar-refractivity contribution < 1.29 is 17.9 Å². The predicted octanol–water partition coefficient (Wildman–Crippen LogP) is 2.78. The highest BCUT2D eigenvalue weighted by molar-refractivity contribution is 7.89. The van der Waals surface area contributed by atoms with Crippen molar-refractivity contribution in [2.75, 3.05) is 26.8 Å². The fourth-order valence-corrected chi connectivity index (χ4v) is 5.14. The van der Waals surface area contributed by atoms with E-state index in [2.05, 4.69) is 5.32 Å². The highest BCUT2D eigenvalue weighted by atomic mass is 35.5. The fourth-order valence-electron chi connectivity index (χ4n) is 3.41. The molecule has 6 nitrogen and oxygen atoms in total. The number of nitrogens with one attached hydrogen (secondary N) is 1. The number of benzene rings is 2. The van der Waals surface area contributed by atoms with E-state index in [0.717, 1.165) is 11.1 Å². The summed E-state index contributed by atoms with van der Waals surface area (Å²) in [5.74, 6) is -0.213. The minimum atomic E-state index is -3.77. The van der Waals surface area contributed by atoms with E-state index in [1.807, 2.05) is 24.3 Å². The Morgan fingerprint density at radius 3 is 2.64 bits per heavy atom. The van der Waals surface area contributed by atoms with E-state index >= 15 is 0 Å². The number of carbonyl (C=O) groups is 1. The summed E-state index contributed by atoms with van der Waals surface area (Å²) in [5.41, 5.74) is 1.94. The summed E-state index contributed by atoms with van der Waals surface area (Å²) in [6.07, 6.45) is 0.651. The number of hydrogen-bond acceptors (Lipinski definition) is 4. The van der Waals surface area contributed by atoms with Crippen LogP contribution in [0.3, 0.4) is 0 Å². The SMILES string of the molecule is COCCNC(=O)C[C@H]1c2ccccc2CCN1S(=O)(=O)c1ccc(Cl)cc1. The Labute approximate surface area is 170 Å². The number of fused-ring (bicyclic) bond motifs is 1. The molecule has 0 aliphatic carbocycles. The van der Waals surface area contributed by atoms with E-state index in [-0.39, 0.29) is 17.2 Å². The third-order valence-electron chi connectivity index (χ3n) is 4.79. The highest BCUT2D eigenvalue weighted by Gasteiger charge is 2.37. The molecular weight excluding hydrogens is 400 g/mol. The average Bonchev–Trinajstić information content (AvgIpc) is 2.68. The third-order valence-corrected chi connectivity index (χ3v) is 6.96. The summed E-state index contributed by atoms with van der Waals surface area (Å²) in [4.78, 5) is 12.6. The van der Waals surface area contributed by atoms with Crippen LogP contribution in [0.2, 0.25) is 5.02 Å². The van der Waals surface area contributed by atoms with E-state index < -0.39 is 16.1 Å². The second kappa shape index (κ2) is 9.05. The maximum atomic E-state index is 13.3. The number of halogens is 1. The zero-order valence-electron chi connectivity index (χ0n) is 15.6. The van der Waals surface area contributed by atoms with Crippen molar-refractivity contribution in [3.05, 3.63) is 64.7 Å². The van der Waals surface area contributed by atoms with Gasteiger partial charge in [0.15, 0.2) is 0 Å². The van der Waals surface area contributed by atoms with E-state index in [9.17, 15) is 13.2 Å². The van der Waals surface area contributed by atoms with Crippen molar-refractivity contribution in [2.45, 2.75) is 23.8 Å². The molecule has 1 atom stereocenters. The molecule has 0 unspecified atom stereocenters. The lowest BCUT2D eigenvalue weighted by Gasteiger charge is -2.36. The molecule has 28 heavy (non-hydrogen) atoms. The smallest absolute Gasteiger partial charge is 0.243 e. The lowest BCUT2D eigenvalue weighted by molar-refractivity contribution is -0.122. The monoisotopic (exact) mass is 422 g/mol. The Morgan fingerprint density at radius 1 is 1.21 bits per heavy atom. The molecule has 2 aromatic carbocycles. The van der Waals surface area contributed by atoms with Crippen molar-refractivity contribution in [1.29, 1.82) is 0 Å². The van der Waals surface area contributed by atoms with Gasteiger partial charge in [0.05, 0.1) is 17.5 Å². The quantitative estimate of drug-likeness (QED) is 0.696. The number of methoxy groups -OCH3 is 1. The van der Waals surface area contributed by atoms with Crippen LogP contribution >= 0.6 is 11.6 Å². The van der Waals surface area contributed by atoms with Gasteiger partial charge in [0.25, 0.3) is 0 Å². The molecule has 0 fully saturated rings. The van der Waals surface area contributed by atoms with Crippen molar-refractivity contribution in [1.82, 2.24) is 9.62 Å². The highest BCUT2D eigenvalue weighted by Crippen LogP contribution is 2.36. The van der Waals surface area contributed by atoms with Gasteiger partial charge in [-0.3, -0.25) is 4.79 Å². The number of rotatable bonds is 7. The van der Waals surface area contributed by atoms with Crippen LogP contribution in [0.5, 0.6) is 0 Å². The van der Waals surface area contributed by atoms with Crippen LogP contribution in [-0.4, -0.2) is 45.4 Å². The molecule has 1 heterocycles. The molecule has 0 radical (unpaired) electrons. The lowest BCUT2D eigenvalue weighted by Crippen LogP contribution is -2.42. The Bertz CT molecular complexity index is 931. The van der Waals surface area contributed by atoms with Crippen LogP contribution in [-0.2, 0) is 26.0 Å². The first-order valence-corrected chi connectivity index (χ1v) is 10.9. The minimum absolute atomic E-state index is 0.0492. The van der Waals surface area contributed by atoms with Crippen molar-refractivity contribution >= 4 is 27.5 Å². The van der Waals surface area contributed by atoms with Gasteiger partial charge in [-0.25, -0.2) is 8.42 Å². The average molecular weight is 423 g/mol. The first-order valence-electron chi connectivity index (χ1n) is 9.04. The van der Waals surface area contributed by atoms with E-state index in [4.69, 9.17) is 16.3 Å². The fraction of sp³-hybridized carbons (Fsp3) is 0.350. The largest absolute Gasteiger partial charge is 0.383 e. The molecule has 0 bridgehead atoms. The van der Waals surface area contributed by atoms with Crippen molar-refractivity contribution in [2.24, 2.45) is 0 Å². The van der Waals surface area contributed by atoms with Gasteiger partial charge in [-0.2, -0.15) is 4.31 Å². The van der Waals surface area contributed by atoms with Crippen LogP contribution in [0, 0.1) is 0 Å². The van der Waals surface area contributed by atoms with Crippen LogP contribution < -0.4 is 5.32 Å². The molecular formula is C20H23ClN2O4S. The number of carbonyl (C=O) groups excluding carboxylic acids is 1. The number of nitrogens with zero attached hydrogens (tertiary/aromatic N) is 1. The van der Waals surface area contributed by atoms with Crippen LogP contribution in [0.25, 0.3) is 0 Å². The Balaban J connectivity index is 1.92. The van der Waals surface area contributed by atoms with Crippen LogP contribution in [0.15, 0.2) is 53.4 Å². The Hall–Kier alpha value is -1.93. The minimum Gasteiger partial charge on any atom is -0.383 e. The maximum Gasteiger partial charge on any atom is 0.243 e. The number of amides is 1. The summed E-state index contributed by atoms with van der Waals surface area (Å²) >= 11 is 5.90. The molecule has 0 saturated carbocycles. The summed E-state index contributed by atoms with van der Waals surface area (Å²) in [6.45, 7) is 1.10. The molecule has 1 aliphatic heterocycles. The summed E-state index contributed by atoms with van der Waals surface area (Å²) < 4.78 is 33.0. The molecule has 1 amide bonds. The van der Waals surface area contributed by atoms with Gasteiger partial charge < -0.3 is 10.1 Å². The lowest BCUT2D eigenvalue weighted by atomic mass is 9.92. The zero-order chi connectivity index (χ0) is 20.1. The van der Waals surface area contributed by atoms with Gasteiger partial charge in [-0.1, -0.05) is 35.9 Å². The van der Waals surface area contributed by atoms with Gasteiger partial charge in [0.2, 0.25) is 15.9 Å². The van der Waals surface area contributed by atoms with Gasteiger partial charge >= 0.3 is 0 Å².